The molecule has 0 bridgehead atoms. The van der Waals surface area contributed by atoms with Gasteiger partial charge in [0, 0.05) is 0 Å². The highest BCUT2D eigenvalue weighted by Gasteiger charge is 2.12. The molecule has 0 aliphatic rings. The third kappa shape index (κ3) is 7.48. The van der Waals surface area contributed by atoms with Crippen molar-refractivity contribution < 1.29 is 24.9 Å². The fourth-order valence-corrected chi connectivity index (χ4v) is 0.394. The quantitative estimate of drug-likeness (QED) is 0.318. The van der Waals surface area contributed by atoms with Gasteiger partial charge in [0.15, 0.2) is 0 Å². The number of carbonyl (C=O) groups is 1. The third-order valence-corrected chi connectivity index (χ3v) is 1.13. The summed E-state index contributed by atoms with van der Waals surface area (Å²) in [6.45, 7) is 6.33. The molecule has 5 nitrogen and oxygen atoms in total. The Morgan fingerprint density at radius 3 is 2.14 bits per heavy atom. The van der Waals surface area contributed by atoms with Crippen LogP contribution in [0.25, 0.3) is 0 Å². The van der Waals surface area contributed by atoms with Crippen molar-refractivity contribution >= 4 is 5.97 Å². The van der Waals surface area contributed by atoms with Gasteiger partial charge in [0.25, 0.3) is 0 Å². The summed E-state index contributed by atoms with van der Waals surface area (Å²) in [5.41, 5.74) is -0.00231. The Bertz CT molecular complexity index is 186. The molecular formula is C9H16O5. The SMILES string of the molecule is C=CC(O)C(=C)C(=O)OC.OCCO. The zero-order chi connectivity index (χ0) is 11.6. The molecule has 0 amide bonds. The van der Waals surface area contributed by atoms with E-state index in [1.54, 1.807) is 0 Å². The molecule has 0 fully saturated rings. The molecule has 0 aromatic carbocycles. The maximum atomic E-state index is 10.6. The molecule has 0 saturated carbocycles. The number of rotatable bonds is 4. The summed E-state index contributed by atoms with van der Waals surface area (Å²) < 4.78 is 4.29. The van der Waals surface area contributed by atoms with Crippen LogP contribution < -0.4 is 0 Å². The lowest BCUT2D eigenvalue weighted by molar-refractivity contribution is -0.136. The van der Waals surface area contributed by atoms with Crippen molar-refractivity contribution in [3.05, 3.63) is 24.8 Å². The van der Waals surface area contributed by atoms with Crippen LogP contribution in [-0.4, -0.2) is 47.7 Å². The van der Waals surface area contributed by atoms with Crippen molar-refractivity contribution in [2.24, 2.45) is 0 Å². The van der Waals surface area contributed by atoms with Crippen molar-refractivity contribution in [1.29, 1.82) is 0 Å². The van der Waals surface area contributed by atoms with Crippen LogP contribution in [0.5, 0.6) is 0 Å². The normalized spacial score (nSPS) is 10.6. The number of aliphatic hydroxyl groups is 3. The topological polar surface area (TPSA) is 87.0 Å². The van der Waals surface area contributed by atoms with Gasteiger partial charge in [0.05, 0.1) is 25.9 Å². The van der Waals surface area contributed by atoms with Gasteiger partial charge < -0.3 is 20.1 Å². The maximum absolute atomic E-state index is 10.6. The van der Waals surface area contributed by atoms with Gasteiger partial charge in [-0.2, -0.15) is 0 Å². The molecule has 1 atom stereocenters. The van der Waals surface area contributed by atoms with Gasteiger partial charge in [-0.15, -0.1) is 6.58 Å². The Hall–Kier alpha value is -1.17. The number of aliphatic hydroxyl groups excluding tert-OH is 3. The molecule has 0 rings (SSSR count). The first-order valence-electron chi connectivity index (χ1n) is 3.84. The van der Waals surface area contributed by atoms with Crippen LogP contribution in [0.2, 0.25) is 0 Å². The van der Waals surface area contributed by atoms with Crippen LogP contribution in [0, 0.1) is 0 Å². The third-order valence-electron chi connectivity index (χ3n) is 1.13. The standard InChI is InChI=1S/C7H10O3.C2H6O2/c1-4-6(8)5(2)7(9)10-3;3-1-2-4/h4,6,8H,1-2H2,3H3;3-4H,1-2H2. The van der Waals surface area contributed by atoms with Crippen molar-refractivity contribution in [2.45, 2.75) is 6.10 Å². The molecule has 14 heavy (non-hydrogen) atoms. The van der Waals surface area contributed by atoms with E-state index in [0.717, 1.165) is 0 Å². The van der Waals surface area contributed by atoms with E-state index in [1.807, 2.05) is 0 Å². The van der Waals surface area contributed by atoms with E-state index in [-0.39, 0.29) is 18.8 Å². The van der Waals surface area contributed by atoms with Gasteiger partial charge in [0.1, 0.15) is 6.10 Å². The zero-order valence-corrected chi connectivity index (χ0v) is 8.14. The molecule has 0 radical (unpaired) electrons. The van der Waals surface area contributed by atoms with Crippen LogP contribution in [-0.2, 0) is 9.53 Å². The predicted molar refractivity (Wildman–Crippen MR) is 51.5 cm³/mol. The summed E-state index contributed by atoms with van der Waals surface area (Å²) in [5, 5.41) is 24.2. The molecule has 3 N–H and O–H groups in total. The van der Waals surface area contributed by atoms with E-state index in [4.69, 9.17) is 15.3 Å². The van der Waals surface area contributed by atoms with Gasteiger partial charge >= 0.3 is 5.97 Å². The molecule has 0 spiro atoms. The second-order valence-electron chi connectivity index (χ2n) is 2.14. The van der Waals surface area contributed by atoms with E-state index in [9.17, 15) is 4.79 Å². The number of ether oxygens (including phenoxy) is 1. The van der Waals surface area contributed by atoms with Crippen molar-refractivity contribution in [3.63, 3.8) is 0 Å². The van der Waals surface area contributed by atoms with E-state index >= 15 is 0 Å². The van der Waals surface area contributed by atoms with Gasteiger partial charge in [-0.1, -0.05) is 12.7 Å². The monoisotopic (exact) mass is 204 g/mol. The van der Waals surface area contributed by atoms with Gasteiger partial charge in [0.2, 0.25) is 0 Å². The van der Waals surface area contributed by atoms with Crippen LogP contribution in [0.15, 0.2) is 24.8 Å². The van der Waals surface area contributed by atoms with Crippen molar-refractivity contribution in [3.8, 4) is 0 Å². The molecule has 0 aromatic heterocycles. The van der Waals surface area contributed by atoms with E-state index in [0.29, 0.717) is 0 Å². The molecule has 82 valence electrons. The summed E-state index contributed by atoms with van der Waals surface area (Å²) >= 11 is 0. The molecule has 0 heterocycles. The highest BCUT2D eigenvalue weighted by Crippen LogP contribution is 2.01. The number of carbonyl (C=O) groups excluding carboxylic acids is 1. The van der Waals surface area contributed by atoms with Crippen LogP contribution in [0.4, 0.5) is 0 Å². The second-order valence-corrected chi connectivity index (χ2v) is 2.14. The number of hydrogen-bond donors (Lipinski definition) is 3. The smallest absolute Gasteiger partial charge is 0.336 e. The van der Waals surface area contributed by atoms with E-state index < -0.39 is 12.1 Å². The summed E-state index contributed by atoms with van der Waals surface area (Å²) in [6.07, 6.45) is 0.201. The summed E-state index contributed by atoms with van der Waals surface area (Å²) in [4.78, 5) is 10.6. The summed E-state index contributed by atoms with van der Waals surface area (Å²) in [6, 6.07) is 0. The molecule has 0 aliphatic carbocycles. The number of methoxy groups -OCH3 is 1. The first-order valence-corrected chi connectivity index (χ1v) is 3.84. The van der Waals surface area contributed by atoms with E-state index in [2.05, 4.69) is 17.9 Å². The number of hydrogen-bond acceptors (Lipinski definition) is 5. The minimum Gasteiger partial charge on any atom is -0.466 e. The maximum Gasteiger partial charge on any atom is 0.336 e. The lowest BCUT2D eigenvalue weighted by Gasteiger charge is -2.05. The summed E-state index contributed by atoms with van der Waals surface area (Å²) in [5.74, 6) is -0.618. The van der Waals surface area contributed by atoms with Gasteiger partial charge in [-0.3, -0.25) is 0 Å². The Labute approximate surface area is 82.9 Å². The van der Waals surface area contributed by atoms with Crippen LogP contribution in [0.3, 0.4) is 0 Å². The van der Waals surface area contributed by atoms with Crippen LogP contribution in [0.1, 0.15) is 0 Å². The minimum atomic E-state index is -1.01. The zero-order valence-electron chi connectivity index (χ0n) is 8.14. The fourth-order valence-electron chi connectivity index (χ4n) is 0.394. The fraction of sp³-hybridized carbons (Fsp3) is 0.444. The van der Waals surface area contributed by atoms with Gasteiger partial charge in [-0.25, -0.2) is 4.79 Å². The average Bonchev–Trinajstić information content (AvgIpc) is 2.26. The average molecular weight is 204 g/mol. The lowest BCUT2D eigenvalue weighted by atomic mass is 10.2. The molecule has 1 unspecified atom stereocenters. The first kappa shape index (κ1) is 15.3. The highest BCUT2D eigenvalue weighted by atomic mass is 16.5. The Morgan fingerprint density at radius 1 is 1.50 bits per heavy atom. The Kier molecular flexibility index (Phi) is 10.8. The molecule has 0 aliphatic heterocycles. The largest absolute Gasteiger partial charge is 0.466 e. The van der Waals surface area contributed by atoms with Crippen LogP contribution >= 0.6 is 0 Å². The highest BCUT2D eigenvalue weighted by molar-refractivity contribution is 5.89. The molecular weight excluding hydrogens is 188 g/mol. The van der Waals surface area contributed by atoms with Crippen molar-refractivity contribution in [2.75, 3.05) is 20.3 Å². The van der Waals surface area contributed by atoms with Crippen molar-refractivity contribution in [1.82, 2.24) is 0 Å². The van der Waals surface area contributed by atoms with E-state index in [1.165, 1.54) is 13.2 Å². The number of esters is 1. The minimum absolute atomic E-state index is 0.00231. The lowest BCUT2D eigenvalue weighted by Crippen LogP contribution is -2.15. The Balaban J connectivity index is 0. The molecule has 5 heteroatoms. The van der Waals surface area contributed by atoms with Gasteiger partial charge in [-0.05, 0) is 0 Å². The predicted octanol–water partition coefficient (Wildman–Crippen LogP) is -0.767. The molecule has 0 aromatic rings. The first-order chi connectivity index (χ1) is 6.54. The Morgan fingerprint density at radius 2 is 1.93 bits per heavy atom. The second kappa shape index (κ2) is 9.91. The summed E-state index contributed by atoms with van der Waals surface area (Å²) in [7, 11) is 1.23. The molecule has 0 saturated heterocycles.